The number of amides is 1. The van der Waals surface area contributed by atoms with Gasteiger partial charge < -0.3 is 4.90 Å². The zero-order chi connectivity index (χ0) is 21.9. The number of fused-ring (bicyclic) bond motifs is 3. The highest BCUT2D eigenvalue weighted by molar-refractivity contribution is 7.23. The average Bonchev–Trinajstić information content (AvgIpc) is 3.36. The molecule has 2 aromatic carbocycles. The Kier molecular flexibility index (Phi) is 6.01. The number of hydrogen-bond donors (Lipinski definition) is 1. The van der Waals surface area contributed by atoms with Gasteiger partial charge in [0.1, 0.15) is 0 Å². The second-order valence-electron chi connectivity index (χ2n) is 8.27. The highest BCUT2D eigenvalue weighted by Crippen LogP contribution is 2.32. The first-order valence-corrected chi connectivity index (χ1v) is 12.1. The molecular formula is C25H27N5OS. The number of rotatable bonds is 6. The Bertz CT molecular complexity index is 1260. The van der Waals surface area contributed by atoms with Gasteiger partial charge in [0.15, 0.2) is 4.96 Å². The van der Waals surface area contributed by atoms with Crippen molar-refractivity contribution in [3.8, 4) is 11.3 Å². The predicted molar refractivity (Wildman–Crippen MR) is 131 cm³/mol. The molecule has 32 heavy (non-hydrogen) atoms. The number of thiazole rings is 1. The van der Waals surface area contributed by atoms with Crippen LogP contribution in [0.2, 0.25) is 0 Å². The van der Waals surface area contributed by atoms with E-state index >= 15 is 0 Å². The Morgan fingerprint density at radius 2 is 2.03 bits per heavy atom. The average molecular weight is 446 g/mol. The van der Waals surface area contributed by atoms with Gasteiger partial charge in [-0.15, -0.1) is 0 Å². The van der Waals surface area contributed by atoms with E-state index in [1.807, 2.05) is 30.3 Å². The van der Waals surface area contributed by atoms with E-state index in [4.69, 9.17) is 4.98 Å². The molecular weight excluding hydrogens is 418 g/mol. The monoisotopic (exact) mass is 445 g/mol. The summed E-state index contributed by atoms with van der Waals surface area (Å²) >= 11 is 1.66. The van der Waals surface area contributed by atoms with Gasteiger partial charge in [-0.05, 0) is 44.5 Å². The number of likely N-dealkylation sites (tertiary alicyclic amines) is 1. The van der Waals surface area contributed by atoms with Crippen molar-refractivity contribution in [1.29, 1.82) is 0 Å². The van der Waals surface area contributed by atoms with Gasteiger partial charge in [0.25, 0.3) is 0 Å². The van der Waals surface area contributed by atoms with Crippen molar-refractivity contribution in [3.63, 3.8) is 0 Å². The quantitative estimate of drug-likeness (QED) is 0.343. The largest absolute Gasteiger partial charge is 0.303 e. The molecule has 1 aliphatic heterocycles. The number of aromatic nitrogens is 2. The first-order chi connectivity index (χ1) is 15.7. The number of carbonyl (C=O) groups excluding carboxylic acids is 1. The third kappa shape index (κ3) is 4.06. The lowest BCUT2D eigenvalue weighted by atomic mass is 9.97. The lowest BCUT2D eigenvalue weighted by molar-refractivity contribution is -0.126. The normalized spacial score (nSPS) is 17.5. The number of nitrogens with zero attached hydrogens (tertiary/aromatic N) is 4. The summed E-state index contributed by atoms with van der Waals surface area (Å²) in [7, 11) is 0. The number of imidazole rings is 1. The standard InChI is InChI=1S/C25H27N5OS/c1-2-14-29-15-8-11-19(17-29)24(31)28-26-16-21-23(18-9-4-3-5-10-18)27-25-30(21)20-12-6-7-13-22(20)32-25/h3-7,9-10,12-13,16,19H,2,8,11,14-15,17H2,1H3,(H,28,31)/b26-16+. The van der Waals surface area contributed by atoms with Crippen LogP contribution in [-0.4, -0.2) is 46.0 Å². The minimum atomic E-state index is -0.00604. The van der Waals surface area contributed by atoms with Gasteiger partial charge in [-0.3, -0.25) is 9.20 Å². The molecule has 0 aliphatic carbocycles. The third-order valence-electron chi connectivity index (χ3n) is 6.01. The molecule has 1 atom stereocenters. The fourth-order valence-corrected chi connectivity index (χ4v) is 5.54. The number of hydrogen-bond acceptors (Lipinski definition) is 5. The fourth-order valence-electron chi connectivity index (χ4n) is 4.50. The van der Waals surface area contributed by atoms with Crippen LogP contribution in [0, 0.1) is 5.92 Å². The molecule has 1 aliphatic rings. The van der Waals surface area contributed by atoms with E-state index in [9.17, 15) is 4.79 Å². The van der Waals surface area contributed by atoms with E-state index in [0.717, 1.165) is 66.3 Å². The Morgan fingerprint density at radius 3 is 2.88 bits per heavy atom. The summed E-state index contributed by atoms with van der Waals surface area (Å²) in [5.74, 6) is -0.00673. The molecule has 3 heterocycles. The van der Waals surface area contributed by atoms with Gasteiger partial charge in [0, 0.05) is 12.1 Å². The van der Waals surface area contributed by atoms with Crippen LogP contribution in [0.4, 0.5) is 0 Å². The summed E-state index contributed by atoms with van der Waals surface area (Å²) < 4.78 is 3.30. The SMILES string of the molecule is CCCN1CCCC(C(=O)N/N=C/c2c(-c3ccccc3)nc3sc4ccccc4n23)C1. The molecule has 164 valence electrons. The molecule has 0 radical (unpaired) electrons. The van der Waals surface area contributed by atoms with Gasteiger partial charge in [-0.25, -0.2) is 10.4 Å². The summed E-state index contributed by atoms with van der Waals surface area (Å²) in [4.78, 5) is 21.0. The number of hydrazone groups is 1. The zero-order valence-electron chi connectivity index (χ0n) is 18.2. The molecule has 1 amide bonds. The molecule has 1 unspecified atom stereocenters. The summed E-state index contributed by atoms with van der Waals surface area (Å²) in [6.45, 7) is 5.13. The van der Waals surface area contributed by atoms with Gasteiger partial charge in [0.05, 0.1) is 33.7 Å². The molecule has 4 aromatic rings. The third-order valence-corrected chi connectivity index (χ3v) is 7.04. The second-order valence-corrected chi connectivity index (χ2v) is 9.28. The molecule has 1 N–H and O–H groups in total. The smallest absolute Gasteiger partial charge is 0.244 e. The Hall–Kier alpha value is -3.03. The van der Waals surface area contributed by atoms with Crippen molar-refractivity contribution in [3.05, 3.63) is 60.3 Å². The van der Waals surface area contributed by atoms with Gasteiger partial charge >= 0.3 is 0 Å². The number of carbonyl (C=O) groups is 1. The van der Waals surface area contributed by atoms with E-state index in [-0.39, 0.29) is 11.8 Å². The summed E-state index contributed by atoms with van der Waals surface area (Å²) in [6.07, 6.45) is 4.83. The molecule has 0 saturated carbocycles. The zero-order valence-corrected chi connectivity index (χ0v) is 19.0. The van der Waals surface area contributed by atoms with E-state index < -0.39 is 0 Å². The molecule has 1 saturated heterocycles. The van der Waals surface area contributed by atoms with Crippen molar-refractivity contribution in [2.75, 3.05) is 19.6 Å². The van der Waals surface area contributed by atoms with Crippen LogP contribution in [0.1, 0.15) is 31.9 Å². The number of piperidine rings is 1. The molecule has 7 heteroatoms. The first-order valence-electron chi connectivity index (χ1n) is 11.2. The van der Waals surface area contributed by atoms with Gasteiger partial charge in [-0.1, -0.05) is 60.7 Å². The molecule has 0 bridgehead atoms. The van der Waals surface area contributed by atoms with Crippen molar-refractivity contribution in [2.45, 2.75) is 26.2 Å². The predicted octanol–water partition coefficient (Wildman–Crippen LogP) is 4.79. The minimum absolute atomic E-state index is 0.000694. The lowest BCUT2D eigenvalue weighted by Crippen LogP contribution is -2.42. The van der Waals surface area contributed by atoms with Crippen LogP contribution in [-0.2, 0) is 4.79 Å². The fraction of sp³-hybridized carbons (Fsp3) is 0.320. The first kappa shape index (κ1) is 20.8. The highest BCUT2D eigenvalue weighted by Gasteiger charge is 2.25. The van der Waals surface area contributed by atoms with E-state index in [0.29, 0.717) is 0 Å². The van der Waals surface area contributed by atoms with Gasteiger partial charge in [0.2, 0.25) is 5.91 Å². The molecule has 0 spiro atoms. The van der Waals surface area contributed by atoms with Crippen molar-refractivity contribution >= 4 is 38.6 Å². The van der Waals surface area contributed by atoms with E-state index in [1.165, 1.54) is 4.70 Å². The molecule has 5 rings (SSSR count). The van der Waals surface area contributed by atoms with Crippen LogP contribution in [0.15, 0.2) is 59.7 Å². The van der Waals surface area contributed by atoms with Crippen molar-refractivity contribution in [1.82, 2.24) is 19.7 Å². The van der Waals surface area contributed by atoms with Crippen LogP contribution < -0.4 is 5.43 Å². The Labute approximate surface area is 191 Å². The number of benzene rings is 2. The van der Waals surface area contributed by atoms with Crippen molar-refractivity contribution in [2.24, 2.45) is 11.0 Å². The van der Waals surface area contributed by atoms with Crippen LogP contribution in [0.3, 0.4) is 0 Å². The maximum Gasteiger partial charge on any atom is 0.244 e. The summed E-state index contributed by atoms with van der Waals surface area (Å²) in [6, 6.07) is 18.4. The summed E-state index contributed by atoms with van der Waals surface area (Å²) in [5.41, 5.74) is 6.67. The second kappa shape index (κ2) is 9.22. The van der Waals surface area contributed by atoms with Gasteiger partial charge in [-0.2, -0.15) is 5.10 Å². The summed E-state index contributed by atoms with van der Waals surface area (Å²) in [5, 5.41) is 4.38. The van der Waals surface area contributed by atoms with Crippen LogP contribution >= 0.6 is 11.3 Å². The van der Waals surface area contributed by atoms with Crippen LogP contribution in [0.25, 0.3) is 26.4 Å². The Balaban J connectivity index is 1.45. The Morgan fingerprint density at radius 1 is 1.22 bits per heavy atom. The topological polar surface area (TPSA) is 62.0 Å². The van der Waals surface area contributed by atoms with E-state index in [2.05, 4.69) is 51.0 Å². The van der Waals surface area contributed by atoms with E-state index in [1.54, 1.807) is 17.6 Å². The lowest BCUT2D eigenvalue weighted by Gasteiger charge is -2.31. The maximum absolute atomic E-state index is 12.8. The molecule has 6 nitrogen and oxygen atoms in total. The minimum Gasteiger partial charge on any atom is -0.303 e. The molecule has 1 fully saturated rings. The maximum atomic E-state index is 12.8. The molecule has 2 aromatic heterocycles. The van der Waals surface area contributed by atoms with Crippen LogP contribution in [0.5, 0.6) is 0 Å². The highest BCUT2D eigenvalue weighted by atomic mass is 32.1. The van der Waals surface area contributed by atoms with Crippen molar-refractivity contribution < 1.29 is 4.79 Å². The number of nitrogens with one attached hydrogen (secondary N) is 1. The number of para-hydroxylation sites is 1.